The Bertz CT molecular complexity index is 722. The average molecular weight is 385 g/mol. The summed E-state index contributed by atoms with van der Waals surface area (Å²) in [7, 11) is 1.86. The molecule has 136 valence electrons. The van der Waals surface area contributed by atoms with Crippen LogP contribution in [0.15, 0.2) is 36.7 Å². The minimum atomic E-state index is -0.779. The molecule has 0 aliphatic carbocycles. The van der Waals surface area contributed by atoms with Gasteiger partial charge in [-0.3, -0.25) is 9.48 Å². The summed E-state index contributed by atoms with van der Waals surface area (Å²) in [4.78, 5) is 12.5. The molecule has 1 unspecified atom stereocenters. The van der Waals surface area contributed by atoms with Crippen LogP contribution in [0.5, 0.6) is 0 Å². The van der Waals surface area contributed by atoms with E-state index in [4.69, 9.17) is 11.6 Å². The van der Waals surface area contributed by atoms with E-state index in [9.17, 15) is 9.90 Å². The number of nitrogens with one attached hydrogen (secondary N) is 2. The summed E-state index contributed by atoms with van der Waals surface area (Å²) in [6.45, 7) is 1.54. The highest BCUT2D eigenvalue weighted by Crippen LogP contribution is 2.28. The fourth-order valence-corrected chi connectivity index (χ4v) is 3.29. The van der Waals surface area contributed by atoms with Gasteiger partial charge >= 0.3 is 0 Å². The molecule has 0 saturated carbocycles. The molecule has 0 spiro atoms. The van der Waals surface area contributed by atoms with E-state index in [1.165, 1.54) is 0 Å². The number of aryl methyl sites for hydroxylation is 1. The molecule has 6 nitrogen and oxygen atoms in total. The zero-order valence-corrected chi connectivity index (χ0v) is 15.4. The van der Waals surface area contributed by atoms with Gasteiger partial charge in [0.25, 0.3) is 0 Å². The minimum absolute atomic E-state index is 0. The van der Waals surface area contributed by atoms with Gasteiger partial charge in [0.2, 0.25) is 5.91 Å². The Morgan fingerprint density at radius 2 is 2.32 bits per heavy atom. The van der Waals surface area contributed by atoms with E-state index in [0.717, 1.165) is 12.1 Å². The molecule has 0 radical (unpaired) electrons. The summed E-state index contributed by atoms with van der Waals surface area (Å²) >= 11 is 5.93. The maximum Gasteiger partial charge on any atom is 0.225 e. The van der Waals surface area contributed by atoms with Crippen molar-refractivity contribution in [3.63, 3.8) is 0 Å². The number of hydrogen-bond donors (Lipinski definition) is 3. The summed E-state index contributed by atoms with van der Waals surface area (Å²) in [6.07, 6.45) is 2.97. The number of benzene rings is 1. The predicted octanol–water partition coefficient (Wildman–Crippen LogP) is 1.65. The lowest BCUT2D eigenvalue weighted by molar-refractivity contribution is -0.125. The number of aromatic nitrogens is 2. The van der Waals surface area contributed by atoms with E-state index in [1.807, 2.05) is 13.2 Å². The number of amides is 1. The summed E-state index contributed by atoms with van der Waals surface area (Å²) in [5.74, 6) is -0.127. The highest BCUT2D eigenvalue weighted by atomic mass is 35.5. The van der Waals surface area contributed by atoms with Crippen molar-refractivity contribution in [1.82, 2.24) is 20.4 Å². The molecule has 1 aliphatic heterocycles. The molecule has 2 heterocycles. The number of halogens is 2. The molecule has 3 N–H and O–H groups in total. The highest BCUT2D eigenvalue weighted by molar-refractivity contribution is 6.30. The zero-order chi connectivity index (χ0) is 17.1. The zero-order valence-electron chi connectivity index (χ0n) is 13.9. The fourth-order valence-electron chi connectivity index (χ4n) is 3.10. The fraction of sp³-hybridized carbons (Fsp3) is 0.412. The van der Waals surface area contributed by atoms with Gasteiger partial charge in [0.1, 0.15) is 0 Å². The maximum atomic E-state index is 12.5. The normalized spacial score (nSPS) is 20.8. The smallest absolute Gasteiger partial charge is 0.225 e. The molecular formula is C17H22Cl2N4O2. The van der Waals surface area contributed by atoms with Crippen LogP contribution in [-0.2, 0) is 11.8 Å². The number of hydrogen-bond acceptors (Lipinski definition) is 4. The van der Waals surface area contributed by atoms with Crippen LogP contribution in [0, 0.1) is 5.92 Å². The number of carbonyl (C=O) groups excluding carboxylic acids is 1. The first-order chi connectivity index (χ1) is 11.5. The first kappa shape index (κ1) is 19.7. The second-order valence-electron chi connectivity index (χ2n) is 6.13. The van der Waals surface area contributed by atoms with Gasteiger partial charge in [-0.25, -0.2) is 0 Å². The molecule has 0 bridgehead atoms. The van der Waals surface area contributed by atoms with Gasteiger partial charge < -0.3 is 15.7 Å². The minimum Gasteiger partial charge on any atom is -0.387 e. The van der Waals surface area contributed by atoms with E-state index in [2.05, 4.69) is 15.7 Å². The molecule has 8 heteroatoms. The van der Waals surface area contributed by atoms with Crippen LogP contribution in [0.4, 0.5) is 0 Å². The molecule has 1 amide bonds. The van der Waals surface area contributed by atoms with Gasteiger partial charge in [0.05, 0.1) is 18.2 Å². The summed E-state index contributed by atoms with van der Waals surface area (Å²) in [5, 5.41) is 21.1. The van der Waals surface area contributed by atoms with Gasteiger partial charge in [-0.05, 0) is 23.3 Å². The highest BCUT2D eigenvalue weighted by Gasteiger charge is 2.34. The van der Waals surface area contributed by atoms with Gasteiger partial charge in [0, 0.05) is 43.8 Å². The van der Waals surface area contributed by atoms with Crippen molar-refractivity contribution in [1.29, 1.82) is 0 Å². The third-order valence-corrected chi connectivity index (χ3v) is 4.64. The van der Waals surface area contributed by atoms with Crippen molar-refractivity contribution >= 4 is 29.9 Å². The molecule has 2 aromatic rings. The van der Waals surface area contributed by atoms with Crippen LogP contribution in [-0.4, -0.2) is 40.4 Å². The second kappa shape index (κ2) is 8.67. The standard InChI is InChI=1S/C17H21ClN4O2.ClH/c1-22-10-12(6-21-22)14-7-19-8-15(14)17(24)20-9-16(23)11-3-2-4-13(18)5-11;/h2-6,10,14-16,19,23H,7-9H2,1H3,(H,20,24);1H/t14-,15+,16?;/m1./s1. The van der Waals surface area contributed by atoms with Gasteiger partial charge in [0.15, 0.2) is 0 Å². The van der Waals surface area contributed by atoms with Gasteiger partial charge in [-0.15, -0.1) is 12.4 Å². The molecule has 1 aliphatic rings. The van der Waals surface area contributed by atoms with Gasteiger partial charge in [-0.2, -0.15) is 5.10 Å². The van der Waals surface area contributed by atoms with Crippen LogP contribution >= 0.6 is 24.0 Å². The molecule has 1 aromatic carbocycles. The number of nitrogens with zero attached hydrogens (tertiary/aromatic N) is 2. The Kier molecular flexibility index (Phi) is 6.84. The van der Waals surface area contributed by atoms with Crippen molar-refractivity contribution in [2.75, 3.05) is 19.6 Å². The van der Waals surface area contributed by atoms with Crippen LogP contribution < -0.4 is 10.6 Å². The van der Waals surface area contributed by atoms with Crippen molar-refractivity contribution in [2.45, 2.75) is 12.0 Å². The summed E-state index contributed by atoms with van der Waals surface area (Å²) in [6, 6.07) is 7.02. The van der Waals surface area contributed by atoms with E-state index in [-0.39, 0.29) is 36.7 Å². The molecule has 1 fully saturated rings. The number of aliphatic hydroxyl groups is 1. The van der Waals surface area contributed by atoms with E-state index in [0.29, 0.717) is 17.1 Å². The van der Waals surface area contributed by atoms with Crippen molar-refractivity contribution < 1.29 is 9.90 Å². The average Bonchev–Trinajstić information content (AvgIpc) is 3.20. The SMILES string of the molecule is Cl.Cn1cc([C@H]2CNC[C@@H]2C(=O)NCC(O)c2cccc(Cl)c2)cn1. The van der Waals surface area contributed by atoms with Crippen molar-refractivity contribution in [2.24, 2.45) is 13.0 Å². The van der Waals surface area contributed by atoms with E-state index >= 15 is 0 Å². The Hall–Kier alpha value is -1.60. The first-order valence-corrected chi connectivity index (χ1v) is 8.33. The number of aliphatic hydroxyl groups excluding tert-OH is 1. The van der Waals surface area contributed by atoms with E-state index in [1.54, 1.807) is 35.1 Å². The Balaban J connectivity index is 0.00000225. The first-order valence-electron chi connectivity index (χ1n) is 7.95. The molecule has 3 rings (SSSR count). The topological polar surface area (TPSA) is 79.2 Å². The van der Waals surface area contributed by atoms with Crippen LogP contribution in [0.2, 0.25) is 5.02 Å². The Labute approximate surface area is 158 Å². The summed E-state index contributed by atoms with van der Waals surface area (Å²) in [5.41, 5.74) is 1.74. The predicted molar refractivity (Wildman–Crippen MR) is 99.0 cm³/mol. The monoisotopic (exact) mass is 384 g/mol. The molecule has 1 saturated heterocycles. The second-order valence-corrected chi connectivity index (χ2v) is 6.57. The molecular weight excluding hydrogens is 363 g/mol. The lowest BCUT2D eigenvalue weighted by Crippen LogP contribution is -2.36. The van der Waals surface area contributed by atoms with Crippen LogP contribution in [0.3, 0.4) is 0 Å². The largest absolute Gasteiger partial charge is 0.387 e. The maximum absolute atomic E-state index is 12.5. The Morgan fingerprint density at radius 3 is 3.00 bits per heavy atom. The third kappa shape index (κ3) is 4.73. The van der Waals surface area contributed by atoms with Crippen molar-refractivity contribution in [3.05, 3.63) is 52.8 Å². The quantitative estimate of drug-likeness (QED) is 0.732. The van der Waals surface area contributed by atoms with Crippen LogP contribution in [0.1, 0.15) is 23.1 Å². The molecule has 1 aromatic heterocycles. The van der Waals surface area contributed by atoms with E-state index < -0.39 is 6.10 Å². The lowest BCUT2D eigenvalue weighted by Gasteiger charge is -2.19. The molecule has 3 atom stereocenters. The molecule has 25 heavy (non-hydrogen) atoms. The summed E-state index contributed by atoms with van der Waals surface area (Å²) < 4.78 is 1.74. The van der Waals surface area contributed by atoms with Gasteiger partial charge in [-0.1, -0.05) is 23.7 Å². The van der Waals surface area contributed by atoms with Crippen molar-refractivity contribution in [3.8, 4) is 0 Å². The third-order valence-electron chi connectivity index (χ3n) is 4.41. The lowest BCUT2D eigenvalue weighted by atomic mass is 9.90. The Morgan fingerprint density at radius 1 is 1.52 bits per heavy atom. The van der Waals surface area contributed by atoms with Crippen LogP contribution in [0.25, 0.3) is 0 Å². The number of carbonyl (C=O) groups is 1. The number of rotatable bonds is 5.